The standard InChI is InChI=1S/C35H38ClN3O5S/c1-3-22-37-35(41)33(24-27-12-7-5-8-13-27)38(25-28-14-11-15-29(36)23-28)34(40)26-39(30-18-20-31(21-19-30)44-4-2)45(42,43)32-16-9-6-10-17-32/h5-21,23,33H,3-4,22,24-26H2,1-2H3,(H,37,41). The van der Waals surface area contributed by atoms with E-state index in [9.17, 15) is 18.0 Å². The number of carbonyl (C=O) groups excluding carboxylic acids is 2. The topological polar surface area (TPSA) is 96.0 Å². The maximum absolute atomic E-state index is 14.5. The van der Waals surface area contributed by atoms with Gasteiger partial charge in [-0.2, -0.15) is 0 Å². The van der Waals surface area contributed by atoms with Gasteiger partial charge in [-0.1, -0.05) is 79.2 Å². The van der Waals surface area contributed by atoms with Gasteiger partial charge in [-0.3, -0.25) is 13.9 Å². The Morgan fingerprint density at radius 3 is 2.11 bits per heavy atom. The molecule has 1 N–H and O–H groups in total. The lowest BCUT2D eigenvalue weighted by atomic mass is 10.0. The Balaban J connectivity index is 1.78. The highest BCUT2D eigenvalue weighted by Crippen LogP contribution is 2.27. The first-order chi connectivity index (χ1) is 21.7. The van der Waals surface area contributed by atoms with Crippen molar-refractivity contribution in [2.75, 3.05) is 24.0 Å². The van der Waals surface area contributed by atoms with Crippen LogP contribution in [0.4, 0.5) is 5.69 Å². The Hall–Kier alpha value is -4.34. The van der Waals surface area contributed by atoms with Gasteiger partial charge in [-0.05, 0) is 73.0 Å². The minimum Gasteiger partial charge on any atom is -0.494 e. The van der Waals surface area contributed by atoms with Crippen molar-refractivity contribution in [2.45, 2.75) is 44.2 Å². The highest BCUT2D eigenvalue weighted by atomic mass is 35.5. The van der Waals surface area contributed by atoms with Crippen molar-refractivity contribution in [1.29, 1.82) is 0 Å². The molecule has 0 aliphatic carbocycles. The summed E-state index contributed by atoms with van der Waals surface area (Å²) < 4.78 is 34.8. The molecule has 0 heterocycles. The predicted octanol–water partition coefficient (Wildman–Crippen LogP) is 6.10. The normalized spacial score (nSPS) is 11.8. The third-order valence-corrected chi connectivity index (χ3v) is 9.13. The van der Waals surface area contributed by atoms with Gasteiger partial charge in [0.2, 0.25) is 11.8 Å². The first-order valence-electron chi connectivity index (χ1n) is 14.9. The quantitative estimate of drug-likeness (QED) is 0.168. The Morgan fingerprint density at radius 2 is 1.49 bits per heavy atom. The number of hydrogen-bond donors (Lipinski definition) is 1. The number of ether oxygens (including phenoxy) is 1. The van der Waals surface area contributed by atoms with Crippen molar-refractivity contribution in [2.24, 2.45) is 0 Å². The highest BCUT2D eigenvalue weighted by Gasteiger charge is 2.34. The lowest BCUT2D eigenvalue weighted by molar-refractivity contribution is -0.140. The molecule has 0 saturated carbocycles. The molecule has 0 spiro atoms. The molecule has 8 nitrogen and oxygen atoms in total. The second-order valence-corrected chi connectivity index (χ2v) is 12.7. The number of rotatable bonds is 15. The average molecular weight is 648 g/mol. The van der Waals surface area contributed by atoms with Gasteiger partial charge in [0.1, 0.15) is 18.3 Å². The van der Waals surface area contributed by atoms with Gasteiger partial charge in [0.25, 0.3) is 10.0 Å². The minimum atomic E-state index is -4.18. The molecule has 0 bridgehead atoms. The maximum Gasteiger partial charge on any atom is 0.264 e. The van der Waals surface area contributed by atoms with Crippen molar-refractivity contribution in [3.8, 4) is 5.75 Å². The molecule has 0 fully saturated rings. The van der Waals surface area contributed by atoms with Gasteiger partial charge in [0.05, 0.1) is 17.2 Å². The van der Waals surface area contributed by atoms with Crippen LogP contribution in [0.2, 0.25) is 5.02 Å². The number of halogens is 1. The lowest BCUT2D eigenvalue weighted by Crippen LogP contribution is -2.53. The van der Waals surface area contributed by atoms with Gasteiger partial charge in [0, 0.05) is 24.5 Å². The van der Waals surface area contributed by atoms with Crippen LogP contribution in [0.25, 0.3) is 0 Å². The second kappa shape index (κ2) is 16.1. The molecule has 236 valence electrons. The largest absolute Gasteiger partial charge is 0.494 e. The average Bonchev–Trinajstić information content (AvgIpc) is 3.05. The van der Waals surface area contributed by atoms with E-state index in [0.717, 1.165) is 9.87 Å². The van der Waals surface area contributed by atoms with Gasteiger partial charge < -0.3 is 15.0 Å². The van der Waals surface area contributed by atoms with Gasteiger partial charge in [-0.25, -0.2) is 8.42 Å². The third-order valence-electron chi connectivity index (χ3n) is 7.11. The number of benzene rings is 4. The molecule has 4 rings (SSSR count). The van der Waals surface area contributed by atoms with E-state index in [2.05, 4.69) is 5.32 Å². The molecule has 1 unspecified atom stereocenters. The van der Waals surface area contributed by atoms with Crippen LogP contribution in [-0.4, -0.2) is 50.9 Å². The summed E-state index contributed by atoms with van der Waals surface area (Å²) in [5.74, 6) is -0.298. The first kappa shape index (κ1) is 33.6. The molecule has 45 heavy (non-hydrogen) atoms. The molecule has 0 aromatic heterocycles. The smallest absolute Gasteiger partial charge is 0.264 e. The van der Waals surface area contributed by atoms with Crippen LogP contribution in [0.3, 0.4) is 0 Å². The fraction of sp³-hybridized carbons (Fsp3) is 0.257. The van der Waals surface area contributed by atoms with E-state index >= 15 is 0 Å². The van der Waals surface area contributed by atoms with E-state index in [1.54, 1.807) is 60.7 Å². The number of amides is 2. The monoisotopic (exact) mass is 647 g/mol. The van der Waals surface area contributed by atoms with Crippen LogP contribution in [0, 0.1) is 0 Å². The van der Waals surface area contributed by atoms with Gasteiger partial charge >= 0.3 is 0 Å². The molecule has 2 amide bonds. The molecule has 0 saturated heterocycles. The zero-order valence-electron chi connectivity index (χ0n) is 25.4. The van der Waals surface area contributed by atoms with E-state index < -0.39 is 28.5 Å². The molecule has 0 aliphatic heterocycles. The van der Waals surface area contributed by atoms with E-state index in [1.807, 2.05) is 50.2 Å². The lowest BCUT2D eigenvalue weighted by Gasteiger charge is -2.34. The summed E-state index contributed by atoms with van der Waals surface area (Å²) >= 11 is 6.29. The van der Waals surface area contributed by atoms with Crippen LogP contribution in [0.1, 0.15) is 31.4 Å². The van der Waals surface area contributed by atoms with Crippen molar-refractivity contribution in [3.63, 3.8) is 0 Å². The Morgan fingerprint density at radius 1 is 0.844 bits per heavy atom. The molecule has 10 heteroatoms. The fourth-order valence-corrected chi connectivity index (χ4v) is 6.52. The summed E-state index contributed by atoms with van der Waals surface area (Å²) in [6, 6.07) is 30.1. The van der Waals surface area contributed by atoms with Crippen LogP contribution in [0.15, 0.2) is 114 Å². The molecular weight excluding hydrogens is 610 g/mol. The maximum atomic E-state index is 14.5. The van der Waals surface area contributed by atoms with Gasteiger partial charge in [0.15, 0.2) is 0 Å². The zero-order valence-corrected chi connectivity index (χ0v) is 27.0. The van der Waals surface area contributed by atoms with E-state index in [-0.39, 0.29) is 29.5 Å². The van der Waals surface area contributed by atoms with Crippen molar-refractivity contribution < 1.29 is 22.7 Å². The van der Waals surface area contributed by atoms with Crippen molar-refractivity contribution in [3.05, 3.63) is 125 Å². The Labute approximate surface area is 270 Å². The molecule has 0 radical (unpaired) electrons. The van der Waals surface area contributed by atoms with Crippen LogP contribution >= 0.6 is 11.6 Å². The second-order valence-electron chi connectivity index (χ2n) is 10.4. The first-order valence-corrected chi connectivity index (χ1v) is 16.7. The van der Waals surface area contributed by atoms with E-state index in [4.69, 9.17) is 16.3 Å². The number of anilines is 1. The number of sulfonamides is 1. The van der Waals surface area contributed by atoms with E-state index in [1.165, 1.54) is 17.0 Å². The van der Waals surface area contributed by atoms with Crippen LogP contribution in [-0.2, 0) is 32.6 Å². The van der Waals surface area contributed by atoms with Crippen molar-refractivity contribution >= 4 is 39.1 Å². The fourth-order valence-electron chi connectivity index (χ4n) is 4.88. The van der Waals surface area contributed by atoms with Crippen molar-refractivity contribution in [1.82, 2.24) is 10.2 Å². The summed E-state index contributed by atoms with van der Waals surface area (Å²) in [7, 11) is -4.18. The molecule has 4 aromatic carbocycles. The van der Waals surface area contributed by atoms with Gasteiger partial charge in [-0.15, -0.1) is 0 Å². The molecule has 4 aromatic rings. The van der Waals surface area contributed by atoms with Crippen LogP contribution < -0.4 is 14.4 Å². The van der Waals surface area contributed by atoms with Crippen LogP contribution in [0.5, 0.6) is 5.75 Å². The number of hydrogen-bond acceptors (Lipinski definition) is 5. The number of nitrogens with zero attached hydrogens (tertiary/aromatic N) is 2. The van der Waals surface area contributed by atoms with E-state index in [0.29, 0.717) is 35.9 Å². The number of nitrogens with one attached hydrogen (secondary N) is 1. The molecule has 1 atom stereocenters. The summed E-state index contributed by atoms with van der Waals surface area (Å²) in [5, 5.41) is 3.42. The Kier molecular flexibility index (Phi) is 12.0. The summed E-state index contributed by atoms with van der Waals surface area (Å²) in [6.07, 6.45) is 0.948. The Bertz CT molecular complexity index is 1650. The molecular formula is C35H38ClN3O5S. The minimum absolute atomic E-state index is 0.0367. The third kappa shape index (κ3) is 9.09. The summed E-state index contributed by atoms with van der Waals surface area (Å²) in [6.45, 7) is 4.19. The zero-order chi connectivity index (χ0) is 32.2. The summed E-state index contributed by atoms with van der Waals surface area (Å²) in [5.41, 5.74) is 1.85. The number of carbonyl (C=O) groups is 2. The predicted molar refractivity (Wildman–Crippen MR) is 178 cm³/mol. The summed E-state index contributed by atoms with van der Waals surface area (Å²) in [4.78, 5) is 29.6. The SMILES string of the molecule is CCCNC(=O)C(Cc1ccccc1)N(Cc1cccc(Cl)c1)C(=O)CN(c1ccc(OCC)cc1)S(=O)(=O)c1ccccc1. The highest BCUT2D eigenvalue weighted by molar-refractivity contribution is 7.92. The molecule has 0 aliphatic rings.